The van der Waals surface area contributed by atoms with Crippen LogP contribution in [-0.2, 0) is 4.79 Å². The molecule has 0 bridgehead atoms. The highest BCUT2D eigenvalue weighted by atomic mass is 16.5. The Hall–Kier alpha value is -3.61. The highest BCUT2D eigenvalue weighted by molar-refractivity contribution is 5.82. The Morgan fingerprint density at radius 1 is 1.10 bits per heavy atom. The van der Waals surface area contributed by atoms with E-state index in [-0.39, 0.29) is 18.0 Å². The van der Waals surface area contributed by atoms with Crippen molar-refractivity contribution >= 4 is 27.7 Å². The van der Waals surface area contributed by atoms with E-state index in [1.165, 1.54) is 0 Å². The molecular weight excluding hydrogens is 368 g/mol. The Morgan fingerprint density at radius 2 is 2.00 bits per heavy atom. The van der Waals surface area contributed by atoms with Crippen LogP contribution < -0.4 is 14.8 Å². The Labute approximate surface area is 167 Å². The highest BCUT2D eigenvalue weighted by Gasteiger charge is 2.21. The van der Waals surface area contributed by atoms with Crippen molar-refractivity contribution in [3.63, 3.8) is 0 Å². The van der Waals surface area contributed by atoms with Gasteiger partial charge in [0.15, 0.2) is 0 Å². The number of aromatic amines is 1. The standard InChI is InChI=1S/C22H20N4O3/c1-13-8-15-9-18(5-6-19(15)24-13)29-22-23-11-14-2-4-17(10-20(14)26-22)28-12-16-3-7-21(27)25-16/h2,4-6,8-11,16,24H,3,7,12H2,1H3,(H,25,27). The maximum atomic E-state index is 11.3. The number of rotatable bonds is 5. The first kappa shape index (κ1) is 17.5. The second-order valence-electron chi connectivity index (χ2n) is 7.29. The molecule has 0 saturated carbocycles. The van der Waals surface area contributed by atoms with Gasteiger partial charge in [-0.3, -0.25) is 4.79 Å². The van der Waals surface area contributed by atoms with E-state index in [1.54, 1.807) is 6.20 Å². The quantitative estimate of drug-likeness (QED) is 0.542. The molecule has 1 unspecified atom stereocenters. The summed E-state index contributed by atoms with van der Waals surface area (Å²) in [5, 5.41) is 4.88. The summed E-state index contributed by atoms with van der Waals surface area (Å²) in [6.07, 6.45) is 3.10. The van der Waals surface area contributed by atoms with Crippen LogP contribution in [0.4, 0.5) is 0 Å². The molecule has 1 fully saturated rings. The largest absolute Gasteiger partial charge is 0.491 e. The van der Waals surface area contributed by atoms with E-state index in [1.807, 2.05) is 43.3 Å². The smallest absolute Gasteiger partial charge is 0.322 e. The monoisotopic (exact) mass is 388 g/mol. The number of aromatic nitrogens is 3. The lowest BCUT2D eigenvalue weighted by atomic mass is 10.2. The van der Waals surface area contributed by atoms with Gasteiger partial charge in [-0.25, -0.2) is 4.98 Å². The predicted molar refractivity (Wildman–Crippen MR) is 109 cm³/mol. The van der Waals surface area contributed by atoms with Crippen molar-refractivity contribution in [1.29, 1.82) is 0 Å². The number of amides is 1. The normalized spacial score (nSPS) is 16.3. The van der Waals surface area contributed by atoms with Gasteiger partial charge in [-0.15, -0.1) is 0 Å². The van der Waals surface area contributed by atoms with Gasteiger partial charge in [-0.1, -0.05) is 0 Å². The molecule has 5 rings (SSSR count). The molecule has 0 radical (unpaired) electrons. The first-order chi connectivity index (χ1) is 14.1. The Balaban J connectivity index is 1.34. The fourth-order valence-electron chi connectivity index (χ4n) is 3.55. The van der Waals surface area contributed by atoms with Gasteiger partial charge in [0.1, 0.15) is 18.1 Å². The number of benzene rings is 2. The second kappa shape index (κ2) is 7.09. The van der Waals surface area contributed by atoms with E-state index in [4.69, 9.17) is 9.47 Å². The maximum absolute atomic E-state index is 11.3. The van der Waals surface area contributed by atoms with Crippen LogP contribution in [0.1, 0.15) is 18.5 Å². The molecule has 1 amide bonds. The van der Waals surface area contributed by atoms with E-state index in [0.717, 1.165) is 33.9 Å². The number of hydrogen-bond acceptors (Lipinski definition) is 5. The van der Waals surface area contributed by atoms with Crippen molar-refractivity contribution in [3.8, 4) is 17.5 Å². The molecule has 2 N–H and O–H groups in total. The van der Waals surface area contributed by atoms with Crippen LogP contribution in [0.15, 0.2) is 48.7 Å². The molecule has 1 aliphatic rings. The minimum Gasteiger partial charge on any atom is -0.491 e. The number of H-pyrrole nitrogens is 1. The summed E-state index contributed by atoms with van der Waals surface area (Å²) in [7, 11) is 0. The number of fused-ring (bicyclic) bond motifs is 2. The highest BCUT2D eigenvalue weighted by Crippen LogP contribution is 2.26. The lowest BCUT2D eigenvalue weighted by Crippen LogP contribution is -2.30. The van der Waals surface area contributed by atoms with Crippen LogP contribution >= 0.6 is 0 Å². The molecule has 2 aromatic carbocycles. The zero-order chi connectivity index (χ0) is 19.8. The minimum atomic E-state index is 0.0643. The molecular formula is C22H20N4O3. The minimum absolute atomic E-state index is 0.0643. The van der Waals surface area contributed by atoms with Crippen molar-refractivity contribution in [1.82, 2.24) is 20.3 Å². The third-order valence-corrected chi connectivity index (χ3v) is 5.00. The first-order valence-electron chi connectivity index (χ1n) is 9.59. The number of aryl methyl sites for hydroxylation is 1. The molecule has 3 heterocycles. The Kier molecular flexibility index (Phi) is 4.27. The van der Waals surface area contributed by atoms with Gasteiger partial charge in [0.2, 0.25) is 5.91 Å². The van der Waals surface area contributed by atoms with Crippen molar-refractivity contribution < 1.29 is 14.3 Å². The average Bonchev–Trinajstić information content (AvgIpc) is 3.30. The number of carbonyl (C=O) groups excluding carboxylic acids is 1. The van der Waals surface area contributed by atoms with Gasteiger partial charge >= 0.3 is 6.01 Å². The lowest BCUT2D eigenvalue weighted by molar-refractivity contribution is -0.119. The van der Waals surface area contributed by atoms with Gasteiger partial charge < -0.3 is 19.8 Å². The van der Waals surface area contributed by atoms with Crippen LogP contribution in [0, 0.1) is 6.92 Å². The summed E-state index contributed by atoms with van der Waals surface area (Å²) < 4.78 is 11.7. The van der Waals surface area contributed by atoms with Crippen LogP contribution in [-0.4, -0.2) is 33.5 Å². The summed E-state index contributed by atoms with van der Waals surface area (Å²) in [5.74, 6) is 1.47. The van der Waals surface area contributed by atoms with Crippen molar-refractivity contribution in [2.45, 2.75) is 25.8 Å². The second-order valence-corrected chi connectivity index (χ2v) is 7.29. The zero-order valence-corrected chi connectivity index (χ0v) is 15.9. The molecule has 7 heteroatoms. The van der Waals surface area contributed by atoms with Gasteiger partial charge in [0.25, 0.3) is 0 Å². The van der Waals surface area contributed by atoms with E-state index in [2.05, 4.69) is 26.3 Å². The third kappa shape index (κ3) is 3.71. The molecule has 1 atom stereocenters. The van der Waals surface area contributed by atoms with Gasteiger partial charge in [-0.05, 0) is 49.7 Å². The third-order valence-electron chi connectivity index (χ3n) is 5.00. The van der Waals surface area contributed by atoms with Crippen LogP contribution in [0.3, 0.4) is 0 Å². The van der Waals surface area contributed by atoms with Crippen LogP contribution in [0.25, 0.3) is 21.8 Å². The molecule has 2 aromatic heterocycles. The molecule has 7 nitrogen and oxygen atoms in total. The molecule has 29 heavy (non-hydrogen) atoms. The number of nitrogens with one attached hydrogen (secondary N) is 2. The number of hydrogen-bond donors (Lipinski definition) is 2. The number of nitrogens with zero attached hydrogens (tertiary/aromatic N) is 2. The summed E-state index contributed by atoms with van der Waals surface area (Å²) in [6, 6.07) is 13.9. The summed E-state index contributed by atoms with van der Waals surface area (Å²) >= 11 is 0. The fourth-order valence-corrected chi connectivity index (χ4v) is 3.55. The van der Waals surface area contributed by atoms with Gasteiger partial charge in [0, 0.05) is 40.7 Å². The lowest BCUT2D eigenvalue weighted by Gasteiger charge is -2.12. The number of carbonyl (C=O) groups is 1. The Morgan fingerprint density at radius 3 is 2.86 bits per heavy atom. The van der Waals surface area contributed by atoms with Gasteiger partial charge in [0.05, 0.1) is 11.6 Å². The average molecular weight is 388 g/mol. The molecule has 4 aromatic rings. The topological polar surface area (TPSA) is 89.1 Å². The van der Waals surface area contributed by atoms with E-state index < -0.39 is 0 Å². The van der Waals surface area contributed by atoms with Crippen molar-refractivity contribution in [3.05, 3.63) is 54.4 Å². The van der Waals surface area contributed by atoms with Crippen LogP contribution in [0.2, 0.25) is 0 Å². The van der Waals surface area contributed by atoms with Crippen molar-refractivity contribution in [2.75, 3.05) is 6.61 Å². The van der Waals surface area contributed by atoms with Crippen LogP contribution in [0.5, 0.6) is 17.5 Å². The zero-order valence-electron chi connectivity index (χ0n) is 15.9. The number of ether oxygens (including phenoxy) is 2. The van der Waals surface area contributed by atoms with E-state index >= 15 is 0 Å². The molecule has 1 saturated heterocycles. The maximum Gasteiger partial charge on any atom is 0.322 e. The predicted octanol–water partition coefficient (Wildman–Crippen LogP) is 3.87. The fraction of sp³-hybridized carbons (Fsp3) is 0.227. The van der Waals surface area contributed by atoms with E-state index in [0.29, 0.717) is 24.5 Å². The van der Waals surface area contributed by atoms with Gasteiger partial charge in [-0.2, -0.15) is 4.98 Å². The Bertz CT molecular complexity index is 1220. The summed E-state index contributed by atoms with van der Waals surface area (Å²) in [5.41, 5.74) is 2.90. The molecule has 0 spiro atoms. The summed E-state index contributed by atoms with van der Waals surface area (Å²) in [4.78, 5) is 23.4. The first-order valence-corrected chi connectivity index (χ1v) is 9.59. The molecule has 0 aliphatic carbocycles. The van der Waals surface area contributed by atoms with E-state index in [9.17, 15) is 4.79 Å². The molecule has 146 valence electrons. The summed E-state index contributed by atoms with van der Waals surface area (Å²) in [6.45, 7) is 2.47. The van der Waals surface area contributed by atoms with Crippen molar-refractivity contribution in [2.24, 2.45) is 0 Å². The molecule has 1 aliphatic heterocycles. The SMILES string of the molecule is Cc1cc2cc(Oc3ncc4ccc(OCC5CCC(=O)N5)cc4n3)ccc2[nH]1.